The van der Waals surface area contributed by atoms with E-state index in [0.29, 0.717) is 4.90 Å². The lowest BCUT2D eigenvalue weighted by Gasteiger charge is -2.00. The van der Waals surface area contributed by atoms with Gasteiger partial charge in [-0.3, -0.25) is 4.79 Å². The molecular formula is C11H8FNO2S. The fourth-order valence-electron chi connectivity index (χ4n) is 0.935. The van der Waals surface area contributed by atoms with E-state index in [4.69, 9.17) is 10.4 Å². The van der Waals surface area contributed by atoms with Crippen LogP contribution in [0.2, 0.25) is 0 Å². The molecule has 0 amide bonds. The van der Waals surface area contributed by atoms with Crippen molar-refractivity contribution in [3.8, 4) is 6.07 Å². The number of halogens is 1. The first-order valence-corrected chi connectivity index (χ1v) is 5.14. The molecule has 0 atom stereocenters. The molecule has 3 nitrogen and oxygen atoms in total. The molecule has 0 saturated carbocycles. The zero-order valence-corrected chi connectivity index (χ0v) is 9.21. The second-order valence-corrected chi connectivity index (χ2v) is 3.96. The van der Waals surface area contributed by atoms with Gasteiger partial charge in [-0.25, -0.2) is 4.39 Å². The van der Waals surface area contributed by atoms with E-state index in [1.54, 1.807) is 6.07 Å². The van der Waals surface area contributed by atoms with Crippen LogP contribution >= 0.6 is 11.8 Å². The molecular weight excluding hydrogens is 229 g/mol. The van der Waals surface area contributed by atoms with Crippen molar-refractivity contribution in [2.24, 2.45) is 0 Å². The number of aliphatic hydroxyl groups is 1. The average molecular weight is 237 g/mol. The molecule has 0 unspecified atom stereocenters. The zero-order valence-electron chi connectivity index (χ0n) is 8.40. The number of rotatable bonds is 2. The fraction of sp³-hybridized carbons (Fsp3) is 0.0909. The van der Waals surface area contributed by atoms with Crippen molar-refractivity contribution in [3.63, 3.8) is 0 Å². The van der Waals surface area contributed by atoms with Gasteiger partial charge in [0.05, 0.1) is 0 Å². The molecule has 0 fully saturated rings. The number of aliphatic hydroxyl groups excluding tert-OH is 1. The highest BCUT2D eigenvalue weighted by Gasteiger charge is 2.14. The van der Waals surface area contributed by atoms with E-state index in [1.165, 1.54) is 31.2 Å². The third-order valence-electron chi connectivity index (χ3n) is 1.70. The molecule has 0 aliphatic carbocycles. The first-order chi connectivity index (χ1) is 7.54. The first kappa shape index (κ1) is 12.3. The Kier molecular flexibility index (Phi) is 4.09. The Morgan fingerprint density at radius 3 is 2.44 bits per heavy atom. The lowest BCUT2D eigenvalue weighted by molar-refractivity contribution is -0.107. The van der Waals surface area contributed by atoms with Crippen LogP contribution in [-0.4, -0.2) is 10.2 Å². The molecule has 0 aliphatic heterocycles. The Bertz CT molecular complexity index is 470. The van der Waals surface area contributed by atoms with E-state index in [1.807, 2.05) is 0 Å². The van der Waals surface area contributed by atoms with Crippen LogP contribution in [0.15, 0.2) is 40.5 Å². The molecule has 5 heteroatoms. The molecule has 0 saturated heterocycles. The summed E-state index contributed by atoms with van der Waals surface area (Å²) in [6, 6.07) is 6.92. The standard InChI is InChI=1S/C11H8FNO2S/c1-7(14)10(6-13)11(15)16-9-4-2-8(12)3-5-9/h2-5,14H,1H3. The molecule has 0 spiro atoms. The summed E-state index contributed by atoms with van der Waals surface area (Å²) in [5.74, 6) is -0.715. The van der Waals surface area contributed by atoms with E-state index >= 15 is 0 Å². The largest absolute Gasteiger partial charge is 0.511 e. The Balaban J connectivity index is 2.84. The zero-order chi connectivity index (χ0) is 12.1. The van der Waals surface area contributed by atoms with Crippen LogP contribution in [0.3, 0.4) is 0 Å². The first-order valence-electron chi connectivity index (χ1n) is 4.32. The second kappa shape index (κ2) is 5.33. The minimum atomic E-state index is -0.561. The fourth-order valence-corrected chi connectivity index (χ4v) is 1.72. The molecule has 1 aromatic rings. The minimum Gasteiger partial charge on any atom is -0.511 e. The van der Waals surface area contributed by atoms with Gasteiger partial charge in [-0.2, -0.15) is 5.26 Å². The van der Waals surface area contributed by atoms with Crippen molar-refractivity contribution in [2.75, 3.05) is 0 Å². The SMILES string of the molecule is CC(O)=C(C#N)C(=O)Sc1ccc(F)cc1. The number of thioether (sulfide) groups is 1. The monoisotopic (exact) mass is 237 g/mol. The topological polar surface area (TPSA) is 61.1 Å². The quantitative estimate of drug-likeness (QED) is 0.372. The molecule has 16 heavy (non-hydrogen) atoms. The van der Waals surface area contributed by atoms with Crippen molar-refractivity contribution in [2.45, 2.75) is 11.8 Å². The predicted molar refractivity (Wildman–Crippen MR) is 58.2 cm³/mol. The summed E-state index contributed by atoms with van der Waals surface area (Å²) >= 11 is 0.767. The van der Waals surface area contributed by atoms with Crippen LogP contribution in [0.4, 0.5) is 4.39 Å². The summed E-state index contributed by atoms with van der Waals surface area (Å²) in [4.78, 5) is 12.0. The van der Waals surface area contributed by atoms with Gasteiger partial charge in [0.15, 0.2) is 0 Å². The lowest BCUT2D eigenvalue weighted by atomic mass is 10.3. The smallest absolute Gasteiger partial charge is 0.238 e. The summed E-state index contributed by atoms with van der Waals surface area (Å²) in [7, 11) is 0. The molecule has 0 aliphatic rings. The molecule has 82 valence electrons. The molecule has 0 aromatic heterocycles. The number of nitriles is 1. The normalized spacial score (nSPS) is 11.6. The highest BCUT2D eigenvalue weighted by Crippen LogP contribution is 2.23. The second-order valence-electron chi connectivity index (χ2n) is 2.92. The number of carbonyl (C=O) groups excluding carboxylic acids is 1. The van der Waals surface area contributed by atoms with Gasteiger partial charge in [0.25, 0.3) is 0 Å². The lowest BCUT2D eigenvalue weighted by Crippen LogP contribution is -1.98. The molecule has 0 bridgehead atoms. The number of hydrogen-bond donors (Lipinski definition) is 1. The Morgan fingerprint density at radius 1 is 1.44 bits per heavy atom. The Morgan fingerprint density at radius 2 is 2.00 bits per heavy atom. The highest BCUT2D eigenvalue weighted by atomic mass is 32.2. The molecule has 1 rings (SSSR count). The van der Waals surface area contributed by atoms with Crippen molar-refractivity contribution in [3.05, 3.63) is 41.4 Å². The van der Waals surface area contributed by atoms with E-state index < -0.39 is 10.9 Å². The Labute approximate surface area is 96.2 Å². The summed E-state index contributed by atoms with van der Waals surface area (Å²) < 4.78 is 12.6. The number of benzene rings is 1. The minimum absolute atomic E-state index is 0.297. The Hall–Kier alpha value is -1.80. The summed E-state index contributed by atoms with van der Waals surface area (Å²) in [5, 5.41) is 17.1. The van der Waals surface area contributed by atoms with Crippen LogP contribution in [0, 0.1) is 17.1 Å². The van der Waals surface area contributed by atoms with Crippen molar-refractivity contribution < 1.29 is 14.3 Å². The number of allylic oxidation sites excluding steroid dienone is 1. The van der Waals surface area contributed by atoms with Gasteiger partial charge in [0.1, 0.15) is 23.2 Å². The van der Waals surface area contributed by atoms with Gasteiger partial charge in [-0.1, -0.05) is 0 Å². The average Bonchev–Trinajstić information content (AvgIpc) is 2.22. The van der Waals surface area contributed by atoms with Crippen molar-refractivity contribution in [1.82, 2.24) is 0 Å². The highest BCUT2D eigenvalue weighted by molar-refractivity contribution is 8.14. The maximum absolute atomic E-state index is 12.6. The van der Waals surface area contributed by atoms with Gasteiger partial charge in [0, 0.05) is 4.90 Å². The van der Waals surface area contributed by atoms with Gasteiger partial charge in [-0.05, 0) is 43.0 Å². The number of nitrogens with zero attached hydrogens (tertiary/aromatic N) is 1. The van der Waals surface area contributed by atoms with Crippen LogP contribution in [0.5, 0.6) is 0 Å². The molecule has 0 radical (unpaired) electrons. The van der Waals surface area contributed by atoms with E-state index in [2.05, 4.69) is 0 Å². The number of carbonyl (C=O) groups is 1. The van der Waals surface area contributed by atoms with Gasteiger partial charge in [-0.15, -0.1) is 0 Å². The van der Waals surface area contributed by atoms with Crippen LogP contribution < -0.4 is 0 Å². The predicted octanol–water partition coefficient (Wildman–Crippen LogP) is 2.80. The van der Waals surface area contributed by atoms with Gasteiger partial charge >= 0.3 is 0 Å². The van der Waals surface area contributed by atoms with E-state index in [-0.39, 0.29) is 11.3 Å². The van der Waals surface area contributed by atoms with E-state index in [0.717, 1.165) is 11.8 Å². The van der Waals surface area contributed by atoms with Crippen LogP contribution in [-0.2, 0) is 4.79 Å². The number of hydrogen-bond acceptors (Lipinski definition) is 4. The van der Waals surface area contributed by atoms with E-state index in [9.17, 15) is 9.18 Å². The summed E-state index contributed by atoms with van der Waals surface area (Å²) in [6.07, 6.45) is 0. The van der Waals surface area contributed by atoms with Crippen molar-refractivity contribution in [1.29, 1.82) is 5.26 Å². The third-order valence-corrected chi connectivity index (χ3v) is 2.60. The summed E-state index contributed by atoms with van der Waals surface area (Å²) in [5.41, 5.74) is -0.297. The maximum Gasteiger partial charge on any atom is 0.238 e. The summed E-state index contributed by atoms with van der Waals surface area (Å²) in [6.45, 7) is 1.27. The van der Waals surface area contributed by atoms with Crippen LogP contribution in [0.1, 0.15) is 6.92 Å². The third kappa shape index (κ3) is 3.11. The van der Waals surface area contributed by atoms with Gasteiger partial charge < -0.3 is 5.11 Å². The van der Waals surface area contributed by atoms with Crippen molar-refractivity contribution >= 4 is 16.9 Å². The molecule has 1 aromatic carbocycles. The maximum atomic E-state index is 12.6. The molecule has 1 N–H and O–H groups in total. The molecule has 0 heterocycles. The van der Waals surface area contributed by atoms with Crippen LogP contribution in [0.25, 0.3) is 0 Å². The van der Waals surface area contributed by atoms with Gasteiger partial charge in [0.2, 0.25) is 5.12 Å².